The molecule has 37 heavy (non-hydrogen) atoms. The van der Waals surface area contributed by atoms with E-state index >= 15 is 0 Å². The summed E-state index contributed by atoms with van der Waals surface area (Å²) in [6.07, 6.45) is 13.1. The van der Waals surface area contributed by atoms with Crippen molar-refractivity contribution in [2.75, 3.05) is 13.9 Å². The van der Waals surface area contributed by atoms with Crippen LogP contribution in [0.15, 0.2) is 30.5 Å². The Labute approximate surface area is 219 Å². The Balaban J connectivity index is 1.60. The summed E-state index contributed by atoms with van der Waals surface area (Å²) >= 11 is 0. The number of rotatable bonds is 11. The fraction of sp³-hybridized carbons (Fsp3) is 0.484. The van der Waals surface area contributed by atoms with Crippen molar-refractivity contribution in [3.05, 3.63) is 41.6 Å². The monoisotopic (exact) mass is 504 g/mol. The molecule has 2 aromatic carbocycles. The lowest BCUT2D eigenvalue weighted by Gasteiger charge is -2.21. The normalized spacial score (nSPS) is 13.4. The lowest BCUT2D eigenvalue weighted by molar-refractivity contribution is -0.686. The van der Waals surface area contributed by atoms with Gasteiger partial charge in [0.25, 0.3) is 0 Å². The SMILES string of the molecule is CCCCCCCCCc1c2[n+](cc3c(OC(=O)CC)c(OC)ccc13)CCc1cc3c(cc1-2)OCO3. The Hall–Kier alpha value is -3.28. The van der Waals surface area contributed by atoms with Crippen LogP contribution in [0.3, 0.4) is 0 Å². The van der Waals surface area contributed by atoms with Crippen molar-refractivity contribution in [1.29, 1.82) is 0 Å². The first-order valence-corrected chi connectivity index (χ1v) is 13.8. The first kappa shape index (κ1) is 25.4. The number of unbranched alkanes of at least 4 members (excludes halogenated alkanes) is 6. The number of benzene rings is 2. The second-order valence-corrected chi connectivity index (χ2v) is 10.0. The molecule has 0 aliphatic carbocycles. The van der Waals surface area contributed by atoms with Gasteiger partial charge in [0.05, 0.1) is 18.1 Å². The van der Waals surface area contributed by atoms with E-state index in [4.69, 9.17) is 18.9 Å². The molecule has 2 aliphatic heterocycles. The Morgan fingerprint density at radius 3 is 2.49 bits per heavy atom. The Morgan fingerprint density at radius 2 is 1.73 bits per heavy atom. The minimum absolute atomic E-state index is 0.264. The van der Waals surface area contributed by atoms with Crippen molar-refractivity contribution in [3.63, 3.8) is 0 Å². The summed E-state index contributed by atoms with van der Waals surface area (Å²) in [6.45, 7) is 5.18. The predicted molar refractivity (Wildman–Crippen MR) is 144 cm³/mol. The number of pyridine rings is 1. The van der Waals surface area contributed by atoms with Gasteiger partial charge in [-0.3, -0.25) is 4.79 Å². The number of fused-ring (bicyclic) bond motifs is 5. The van der Waals surface area contributed by atoms with Crippen LogP contribution in [0.2, 0.25) is 0 Å². The molecule has 0 amide bonds. The Morgan fingerprint density at radius 1 is 0.973 bits per heavy atom. The van der Waals surface area contributed by atoms with Gasteiger partial charge in [0, 0.05) is 23.8 Å². The number of aryl methyl sites for hydroxylation is 3. The maximum atomic E-state index is 12.3. The summed E-state index contributed by atoms with van der Waals surface area (Å²) in [7, 11) is 1.62. The number of nitrogens with zero attached hydrogens (tertiary/aromatic N) is 1. The highest BCUT2D eigenvalue weighted by molar-refractivity contribution is 5.96. The van der Waals surface area contributed by atoms with Crippen LogP contribution in [0.1, 0.15) is 76.3 Å². The van der Waals surface area contributed by atoms with Crippen molar-refractivity contribution in [2.24, 2.45) is 0 Å². The third kappa shape index (κ3) is 5.11. The summed E-state index contributed by atoms with van der Waals surface area (Å²) in [6, 6.07) is 8.33. The van der Waals surface area contributed by atoms with Gasteiger partial charge in [0.1, 0.15) is 0 Å². The van der Waals surface area contributed by atoms with Gasteiger partial charge in [-0.15, -0.1) is 0 Å². The highest BCUT2D eigenvalue weighted by atomic mass is 16.7. The van der Waals surface area contributed by atoms with Crippen molar-refractivity contribution in [1.82, 2.24) is 0 Å². The molecule has 6 heteroatoms. The van der Waals surface area contributed by atoms with Crippen LogP contribution < -0.4 is 23.5 Å². The number of methoxy groups -OCH3 is 1. The van der Waals surface area contributed by atoms with E-state index in [1.165, 1.54) is 60.9 Å². The summed E-state index contributed by atoms with van der Waals surface area (Å²) in [5, 5.41) is 2.04. The van der Waals surface area contributed by atoms with Crippen LogP contribution in [0, 0.1) is 0 Å². The lowest BCUT2D eigenvalue weighted by atomic mass is 9.89. The fourth-order valence-electron chi connectivity index (χ4n) is 5.60. The topological polar surface area (TPSA) is 57.9 Å². The molecule has 6 nitrogen and oxygen atoms in total. The molecule has 2 aliphatic rings. The molecule has 1 aromatic heterocycles. The zero-order valence-electron chi connectivity index (χ0n) is 22.4. The zero-order chi connectivity index (χ0) is 25.8. The van der Waals surface area contributed by atoms with Crippen LogP contribution in [0.5, 0.6) is 23.0 Å². The van der Waals surface area contributed by atoms with E-state index < -0.39 is 0 Å². The van der Waals surface area contributed by atoms with E-state index in [2.05, 4.69) is 35.9 Å². The maximum Gasteiger partial charge on any atom is 0.311 e. The smallest absolute Gasteiger partial charge is 0.311 e. The molecule has 0 unspecified atom stereocenters. The zero-order valence-corrected chi connectivity index (χ0v) is 22.4. The quantitative estimate of drug-likeness (QED) is 0.126. The molecular weight excluding hydrogens is 466 g/mol. The Bertz CT molecular complexity index is 1300. The van der Waals surface area contributed by atoms with Gasteiger partial charge in [-0.2, -0.15) is 4.57 Å². The van der Waals surface area contributed by atoms with Crippen LogP contribution >= 0.6 is 0 Å². The number of aromatic nitrogens is 1. The van der Waals surface area contributed by atoms with Gasteiger partial charge in [0.15, 0.2) is 35.7 Å². The molecule has 0 spiro atoms. The minimum Gasteiger partial charge on any atom is -0.493 e. The average molecular weight is 505 g/mol. The summed E-state index contributed by atoms with van der Waals surface area (Å²) in [4.78, 5) is 12.3. The van der Waals surface area contributed by atoms with E-state index in [1.54, 1.807) is 7.11 Å². The van der Waals surface area contributed by atoms with E-state index in [0.29, 0.717) is 17.9 Å². The molecule has 0 bridgehead atoms. The van der Waals surface area contributed by atoms with Crippen LogP contribution in [0.25, 0.3) is 22.0 Å². The molecule has 0 saturated carbocycles. The molecule has 196 valence electrons. The van der Waals surface area contributed by atoms with E-state index in [0.717, 1.165) is 48.1 Å². The number of ether oxygens (including phenoxy) is 4. The second-order valence-electron chi connectivity index (χ2n) is 10.0. The summed E-state index contributed by atoms with van der Waals surface area (Å²) in [5.74, 6) is 2.47. The second kappa shape index (κ2) is 11.4. The molecule has 5 rings (SSSR count). The van der Waals surface area contributed by atoms with Gasteiger partial charge in [-0.25, -0.2) is 0 Å². The average Bonchev–Trinajstić information content (AvgIpc) is 3.38. The molecule has 3 heterocycles. The Kier molecular flexibility index (Phi) is 7.82. The highest BCUT2D eigenvalue weighted by Crippen LogP contribution is 2.44. The van der Waals surface area contributed by atoms with Crippen molar-refractivity contribution < 1.29 is 28.3 Å². The van der Waals surface area contributed by atoms with E-state index in [9.17, 15) is 4.79 Å². The van der Waals surface area contributed by atoms with E-state index in [-0.39, 0.29) is 12.8 Å². The molecule has 0 saturated heterocycles. The van der Waals surface area contributed by atoms with Crippen LogP contribution in [-0.4, -0.2) is 19.9 Å². The summed E-state index contributed by atoms with van der Waals surface area (Å²) in [5.41, 5.74) is 5.02. The van der Waals surface area contributed by atoms with Gasteiger partial charge in [-0.05, 0) is 42.7 Å². The minimum atomic E-state index is -0.264. The number of carbonyl (C=O) groups excluding carboxylic acids is 1. The number of carbonyl (C=O) groups is 1. The molecular formula is C31H38NO5+. The van der Waals surface area contributed by atoms with Gasteiger partial charge < -0.3 is 18.9 Å². The fourth-order valence-corrected chi connectivity index (χ4v) is 5.60. The van der Waals surface area contributed by atoms with Crippen molar-refractivity contribution >= 4 is 16.7 Å². The third-order valence-electron chi connectivity index (χ3n) is 7.57. The third-order valence-corrected chi connectivity index (χ3v) is 7.57. The number of hydrogen-bond donors (Lipinski definition) is 0. The first-order valence-electron chi connectivity index (χ1n) is 13.8. The molecule has 0 atom stereocenters. The molecule has 0 N–H and O–H groups in total. The van der Waals surface area contributed by atoms with Crippen LogP contribution in [0.4, 0.5) is 0 Å². The van der Waals surface area contributed by atoms with Gasteiger partial charge >= 0.3 is 5.97 Å². The van der Waals surface area contributed by atoms with Gasteiger partial charge in [-0.1, -0.05) is 52.4 Å². The number of hydrogen-bond acceptors (Lipinski definition) is 5. The van der Waals surface area contributed by atoms with Crippen molar-refractivity contribution in [3.8, 4) is 34.3 Å². The van der Waals surface area contributed by atoms with Gasteiger partial charge in [0.2, 0.25) is 12.5 Å². The number of esters is 1. The van der Waals surface area contributed by atoms with Crippen LogP contribution in [-0.2, 0) is 24.2 Å². The van der Waals surface area contributed by atoms with Crippen molar-refractivity contribution in [2.45, 2.75) is 84.6 Å². The summed E-state index contributed by atoms with van der Waals surface area (Å²) < 4.78 is 25.2. The highest BCUT2D eigenvalue weighted by Gasteiger charge is 2.32. The molecule has 3 aromatic rings. The van der Waals surface area contributed by atoms with E-state index in [1.807, 2.05) is 13.0 Å². The standard InChI is InChI=1S/C31H38NO5/c1-4-6-7-8-9-10-11-12-23-22-13-14-26(34-3)31(37-29(33)5-2)25(22)19-32-16-15-21-17-27-28(36-20-35-27)18-24(21)30(23)32/h13-14,17-19H,4-12,15-16,20H2,1-3H3/q+1. The first-order chi connectivity index (χ1) is 18.1. The maximum absolute atomic E-state index is 12.3. The molecule has 0 fully saturated rings. The molecule has 0 radical (unpaired) electrons. The largest absolute Gasteiger partial charge is 0.493 e. The lowest BCUT2D eigenvalue weighted by Crippen LogP contribution is -2.41. The predicted octanol–water partition coefficient (Wildman–Crippen LogP) is 6.70.